The molecule has 0 fully saturated rings. The predicted octanol–water partition coefficient (Wildman–Crippen LogP) is 1.38. The third-order valence-corrected chi connectivity index (χ3v) is 3.18. The van der Waals surface area contributed by atoms with Gasteiger partial charge in [0.25, 0.3) is 5.91 Å². The van der Waals surface area contributed by atoms with Gasteiger partial charge in [-0.05, 0) is 19.1 Å². The molecule has 1 N–H and O–H groups in total. The first-order chi connectivity index (χ1) is 10.5. The number of fused-ring (bicyclic) bond motifs is 1. The fourth-order valence-corrected chi connectivity index (χ4v) is 2.27. The molecule has 0 aliphatic carbocycles. The summed E-state index contributed by atoms with van der Waals surface area (Å²) in [6.45, 7) is 1.50. The Kier molecular flexibility index (Phi) is 4.40. The van der Waals surface area contributed by atoms with E-state index >= 15 is 0 Å². The van der Waals surface area contributed by atoms with Gasteiger partial charge in [0.15, 0.2) is 5.69 Å². The molecule has 8 heteroatoms. The molecule has 0 unspecified atom stereocenters. The van der Waals surface area contributed by atoms with Crippen molar-refractivity contribution >= 4 is 28.5 Å². The molecule has 1 amide bonds. The van der Waals surface area contributed by atoms with Crippen LogP contribution in [0.3, 0.4) is 0 Å². The van der Waals surface area contributed by atoms with E-state index in [0.29, 0.717) is 10.9 Å². The van der Waals surface area contributed by atoms with E-state index < -0.39 is 16.8 Å². The van der Waals surface area contributed by atoms with E-state index in [0.717, 1.165) is 0 Å². The molecule has 0 atom stereocenters. The van der Waals surface area contributed by atoms with Gasteiger partial charge in [0.2, 0.25) is 0 Å². The molecule has 0 saturated carbocycles. The SMILES string of the molecule is CCOC(=O)CNC(=O)c1c([N+](=O)[O-])c2ccccc2n1C. The first kappa shape index (κ1) is 15.5. The van der Waals surface area contributed by atoms with Crippen LogP contribution >= 0.6 is 0 Å². The standard InChI is InChI=1S/C14H15N3O5/c1-3-22-11(18)8-15-14(19)13-12(17(20)21)9-6-4-5-7-10(9)16(13)2/h4-7H,3,8H2,1-2H3,(H,15,19). The fourth-order valence-electron chi connectivity index (χ4n) is 2.27. The number of nitrogens with zero attached hydrogens (tertiary/aromatic N) is 2. The summed E-state index contributed by atoms with van der Waals surface area (Å²) in [6, 6.07) is 6.65. The Morgan fingerprint density at radius 2 is 2.05 bits per heavy atom. The Bertz CT molecular complexity index is 750. The van der Waals surface area contributed by atoms with Gasteiger partial charge in [0, 0.05) is 7.05 Å². The zero-order chi connectivity index (χ0) is 16.3. The summed E-state index contributed by atoms with van der Waals surface area (Å²) in [5.74, 6) is -1.30. The van der Waals surface area contributed by atoms with E-state index in [1.54, 1.807) is 38.2 Å². The van der Waals surface area contributed by atoms with E-state index in [-0.39, 0.29) is 24.5 Å². The molecule has 0 radical (unpaired) electrons. The van der Waals surface area contributed by atoms with Gasteiger partial charge in [0.05, 0.1) is 22.4 Å². The highest BCUT2D eigenvalue weighted by Gasteiger charge is 2.29. The van der Waals surface area contributed by atoms with Gasteiger partial charge in [-0.2, -0.15) is 0 Å². The summed E-state index contributed by atoms with van der Waals surface area (Å²) in [7, 11) is 1.56. The number of esters is 1. The molecular weight excluding hydrogens is 290 g/mol. The van der Waals surface area contributed by atoms with Crippen molar-refractivity contribution in [3.8, 4) is 0 Å². The summed E-state index contributed by atoms with van der Waals surface area (Å²) in [6.07, 6.45) is 0. The van der Waals surface area contributed by atoms with Crippen LogP contribution in [0.5, 0.6) is 0 Å². The Morgan fingerprint density at radius 3 is 2.68 bits per heavy atom. The number of amides is 1. The lowest BCUT2D eigenvalue weighted by molar-refractivity contribution is -0.383. The van der Waals surface area contributed by atoms with Crippen LogP contribution in [0.4, 0.5) is 5.69 Å². The van der Waals surface area contributed by atoms with Crippen LogP contribution in [0.25, 0.3) is 10.9 Å². The fraction of sp³-hybridized carbons (Fsp3) is 0.286. The number of rotatable bonds is 5. The number of hydrogen-bond donors (Lipinski definition) is 1. The quantitative estimate of drug-likeness (QED) is 0.510. The summed E-state index contributed by atoms with van der Waals surface area (Å²) >= 11 is 0. The van der Waals surface area contributed by atoms with E-state index in [1.165, 1.54) is 4.57 Å². The van der Waals surface area contributed by atoms with Crippen molar-refractivity contribution in [1.82, 2.24) is 9.88 Å². The van der Waals surface area contributed by atoms with Crippen molar-refractivity contribution in [2.75, 3.05) is 13.2 Å². The molecule has 116 valence electrons. The number of hydrogen-bond acceptors (Lipinski definition) is 5. The van der Waals surface area contributed by atoms with Crippen molar-refractivity contribution in [3.63, 3.8) is 0 Å². The van der Waals surface area contributed by atoms with E-state index in [4.69, 9.17) is 4.74 Å². The van der Waals surface area contributed by atoms with Gasteiger partial charge in [-0.25, -0.2) is 0 Å². The van der Waals surface area contributed by atoms with Crippen molar-refractivity contribution in [1.29, 1.82) is 0 Å². The minimum absolute atomic E-state index is 0.101. The van der Waals surface area contributed by atoms with E-state index in [1.807, 2.05) is 0 Å². The lowest BCUT2D eigenvalue weighted by Gasteiger charge is -2.06. The highest BCUT2D eigenvalue weighted by atomic mass is 16.6. The maximum absolute atomic E-state index is 12.2. The zero-order valence-corrected chi connectivity index (χ0v) is 12.2. The number of nitrogens with one attached hydrogen (secondary N) is 1. The Hall–Kier alpha value is -2.90. The first-order valence-electron chi connectivity index (χ1n) is 6.63. The van der Waals surface area contributed by atoms with Crippen LogP contribution in [0, 0.1) is 10.1 Å². The minimum Gasteiger partial charge on any atom is -0.465 e. The van der Waals surface area contributed by atoms with E-state index in [2.05, 4.69) is 5.32 Å². The maximum Gasteiger partial charge on any atom is 0.325 e. The van der Waals surface area contributed by atoms with Gasteiger partial charge in [0.1, 0.15) is 6.54 Å². The van der Waals surface area contributed by atoms with Crippen LogP contribution in [-0.4, -0.2) is 34.5 Å². The molecule has 0 aliphatic heterocycles. The second-order valence-corrected chi connectivity index (χ2v) is 4.52. The number of aromatic nitrogens is 1. The Morgan fingerprint density at radius 1 is 1.36 bits per heavy atom. The third-order valence-electron chi connectivity index (χ3n) is 3.18. The highest BCUT2D eigenvalue weighted by Crippen LogP contribution is 2.31. The van der Waals surface area contributed by atoms with Gasteiger partial charge in [-0.15, -0.1) is 0 Å². The van der Waals surface area contributed by atoms with Crippen molar-refractivity contribution in [2.45, 2.75) is 6.92 Å². The third kappa shape index (κ3) is 2.76. The second kappa shape index (κ2) is 6.25. The molecule has 2 rings (SSSR count). The number of aryl methyl sites for hydroxylation is 1. The van der Waals surface area contributed by atoms with Gasteiger partial charge < -0.3 is 14.6 Å². The van der Waals surface area contributed by atoms with Crippen molar-refractivity contribution in [2.24, 2.45) is 7.05 Å². The molecule has 0 aliphatic rings. The number of nitro groups is 1. The summed E-state index contributed by atoms with van der Waals surface area (Å²) < 4.78 is 6.14. The second-order valence-electron chi connectivity index (χ2n) is 4.52. The molecule has 22 heavy (non-hydrogen) atoms. The Balaban J connectivity index is 2.40. The van der Waals surface area contributed by atoms with Gasteiger partial charge in [-0.3, -0.25) is 19.7 Å². The topological polar surface area (TPSA) is 103 Å². The number of carbonyl (C=O) groups excluding carboxylic acids is 2. The van der Waals surface area contributed by atoms with Crippen LogP contribution < -0.4 is 5.32 Å². The lowest BCUT2D eigenvalue weighted by atomic mass is 10.2. The molecule has 0 saturated heterocycles. The Labute approximate surface area is 125 Å². The molecule has 8 nitrogen and oxygen atoms in total. The van der Waals surface area contributed by atoms with Crippen LogP contribution in [0.15, 0.2) is 24.3 Å². The zero-order valence-electron chi connectivity index (χ0n) is 12.2. The smallest absolute Gasteiger partial charge is 0.325 e. The summed E-state index contributed by atoms with van der Waals surface area (Å²) in [5.41, 5.74) is 0.186. The largest absolute Gasteiger partial charge is 0.465 e. The average molecular weight is 305 g/mol. The molecule has 1 aromatic heterocycles. The molecule has 0 spiro atoms. The van der Waals surface area contributed by atoms with Crippen molar-refractivity contribution < 1.29 is 19.2 Å². The molecule has 0 bridgehead atoms. The number of ether oxygens (including phenoxy) is 1. The number of para-hydroxylation sites is 1. The lowest BCUT2D eigenvalue weighted by Crippen LogP contribution is -2.32. The molecule has 1 aromatic carbocycles. The maximum atomic E-state index is 12.2. The predicted molar refractivity (Wildman–Crippen MR) is 78.5 cm³/mol. The van der Waals surface area contributed by atoms with Gasteiger partial charge >= 0.3 is 11.7 Å². The van der Waals surface area contributed by atoms with Crippen LogP contribution in [-0.2, 0) is 16.6 Å². The van der Waals surface area contributed by atoms with Gasteiger partial charge in [-0.1, -0.05) is 12.1 Å². The molecule has 1 heterocycles. The average Bonchev–Trinajstić information content (AvgIpc) is 2.79. The minimum atomic E-state index is -0.696. The number of benzene rings is 1. The van der Waals surface area contributed by atoms with Crippen molar-refractivity contribution in [3.05, 3.63) is 40.1 Å². The molecular formula is C14H15N3O5. The van der Waals surface area contributed by atoms with E-state index in [9.17, 15) is 19.7 Å². The summed E-state index contributed by atoms with van der Waals surface area (Å²) in [5, 5.41) is 14.0. The monoisotopic (exact) mass is 305 g/mol. The first-order valence-corrected chi connectivity index (χ1v) is 6.63. The molecule has 2 aromatic rings. The van der Waals surface area contributed by atoms with Crippen LogP contribution in [0.2, 0.25) is 0 Å². The van der Waals surface area contributed by atoms with Crippen LogP contribution in [0.1, 0.15) is 17.4 Å². The number of carbonyl (C=O) groups is 2. The normalized spacial score (nSPS) is 10.5. The summed E-state index contributed by atoms with van der Waals surface area (Å²) in [4.78, 5) is 34.2. The highest BCUT2D eigenvalue weighted by molar-refractivity contribution is 6.06.